The third-order valence-electron chi connectivity index (χ3n) is 2.16. The van der Waals surface area contributed by atoms with Gasteiger partial charge in [0.1, 0.15) is 6.04 Å². The summed E-state index contributed by atoms with van der Waals surface area (Å²) in [4.78, 5) is 11.0. The molecule has 16 heavy (non-hydrogen) atoms. The Balaban J connectivity index is 2.63. The molecule has 0 spiro atoms. The summed E-state index contributed by atoms with van der Waals surface area (Å²) in [7, 11) is 0. The first-order valence-corrected chi connectivity index (χ1v) is 5.33. The van der Waals surface area contributed by atoms with Crippen LogP contribution >= 0.6 is 11.6 Å². The van der Waals surface area contributed by atoms with E-state index in [9.17, 15) is 4.79 Å². The highest BCUT2D eigenvalue weighted by Crippen LogP contribution is 2.11. The molecular weight excluding hydrogens is 226 g/mol. The van der Waals surface area contributed by atoms with Crippen molar-refractivity contribution in [1.82, 2.24) is 5.32 Å². The minimum absolute atomic E-state index is 0.431. The smallest absolute Gasteiger partial charge is 0.321 e. The Bertz CT molecular complexity index is 362. The Kier molecular flexibility index (Phi) is 5.02. The fourth-order valence-electron chi connectivity index (χ4n) is 1.33. The first-order chi connectivity index (χ1) is 7.63. The van der Waals surface area contributed by atoms with E-state index < -0.39 is 12.0 Å². The Hall–Kier alpha value is -1.32. The average Bonchev–Trinajstić information content (AvgIpc) is 2.26. The van der Waals surface area contributed by atoms with Crippen LogP contribution in [0.5, 0.6) is 0 Å². The molecule has 3 nitrogen and oxygen atoms in total. The molecule has 1 atom stereocenters. The first-order valence-electron chi connectivity index (χ1n) is 4.95. The lowest BCUT2D eigenvalue weighted by molar-refractivity contribution is -0.139. The molecule has 0 aliphatic rings. The topological polar surface area (TPSA) is 49.3 Å². The maximum Gasteiger partial charge on any atom is 0.321 e. The Labute approximate surface area is 99.7 Å². The van der Waals surface area contributed by atoms with Crippen LogP contribution in [0, 0.1) is 0 Å². The number of carboxylic acid groups (broad SMARTS) is 1. The molecule has 0 heterocycles. The molecule has 0 fully saturated rings. The molecule has 86 valence electrons. The van der Waals surface area contributed by atoms with Crippen LogP contribution in [0.3, 0.4) is 0 Å². The number of carbonyl (C=O) groups is 1. The zero-order valence-electron chi connectivity index (χ0n) is 8.82. The molecular formula is C12H14ClNO2. The number of hydrogen-bond donors (Lipinski definition) is 2. The number of halogens is 1. The van der Waals surface area contributed by atoms with E-state index in [4.69, 9.17) is 16.7 Å². The van der Waals surface area contributed by atoms with Crippen LogP contribution in [0.4, 0.5) is 0 Å². The number of nitrogens with one attached hydrogen (secondary N) is 1. The van der Waals surface area contributed by atoms with E-state index in [0.717, 1.165) is 5.56 Å². The summed E-state index contributed by atoms with van der Waals surface area (Å²) in [5, 5.41) is 12.5. The second-order valence-electron chi connectivity index (χ2n) is 3.42. The molecule has 0 saturated heterocycles. The van der Waals surface area contributed by atoms with E-state index in [0.29, 0.717) is 18.0 Å². The maximum absolute atomic E-state index is 11.0. The maximum atomic E-state index is 11.0. The van der Waals surface area contributed by atoms with Crippen LogP contribution in [0.1, 0.15) is 5.56 Å². The molecule has 0 radical (unpaired) electrons. The Morgan fingerprint density at radius 2 is 2.12 bits per heavy atom. The fraction of sp³-hybridized carbons (Fsp3) is 0.250. The van der Waals surface area contributed by atoms with Crippen LogP contribution in [0.15, 0.2) is 36.9 Å². The van der Waals surface area contributed by atoms with Gasteiger partial charge >= 0.3 is 5.97 Å². The van der Waals surface area contributed by atoms with Gasteiger partial charge in [0.05, 0.1) is 0 Å². The molecule has 0 aliphatic carbocycles. The number of benzene rings is 1. The quantitative estimate of drug-likeness (QED) is 0.748. The summed E-state index contributed by atoms with van der Waals surface area (Å²) in [5.74, 6) is -0.864. The van der Waals surface area contributed by atoms with Crippen molar-refractivity contribution in [2.45, 2.75) is 12.5 Å². The van der Waals surface area contributed by atoms with Gasteiger partial charge < -0.3 is 10.4 Å². The normalized spacial score (nSPS) is 12.1. The summed E-state index contributed by atoms with van der Waals surface area (Å²) < 4.78 is 0. The van der Waals surface area contributed by atoms with Crippen LogP contribution in [-0.2, 0) is 11.2 Å². The summed E-state index contributed by atoms with van der Waals surface area (Å²) >= 11 is 5.75. The van der Waals surface area contributed by atoms with Crippen molar-refractivity contribution in [3.63, 3.8) is 0 Å². The van der Waals surface area contributed by atoms with Crippen molar-refractivity contribution in [1.29, 1.82) is 0 Å². The fourth-order valence-corrected chi connectivity index (χ4v) is 1.45. The Morgan fingerprint density at radius 1 is 1.50 bits per heavy atom. The SMILES string of the molecule is C=CCN[C@@H](Cc1ccc(Cl)cc1)C(=O)O. The number of aliphatic carboxylic acids is 1. The lowest BCUT2D eigenvalue weighted by Crippen LogP contribution is -2.38. The van der Waals surface area contributed by atoms with Gasteiger partial charge in [-0.05, 0) is 24.1 Å². The molecule has 1 rings (SSSR count). The van der Waals surface area contributed by atoms with Gasteiger partial charge in [0.25, 0.3) is 0 Å². The number of rotatable bonds is 6. The molecule has 1 aromatic rings. The number of carboxylic acids is 1. The molecule has 1 aromatic carbocycles. The van der Waals surface area contributed by atoms with E-state index >= 15 is 0 Å². The molecule has 4 heteroatoms. The van der Waals surface area contributed by atoms with Gasteiger partial charge in [0.2, 0.25) is 0 Å². The van der Waals surface area contributed by atoms with Crippen LogP contribution < -0.4 is 5.32 Å². The van der Waals surface area contributed by atoms with Gasteiger partial charge in [-0.25, -0.2) is 0 Å². The van der Waals surface area contributed by atoms with Crippen LogP contribution in [0.25, 0.3) is 0 Å². The van der Waals surface area contributed by atoms with Gasteiger partial charge in [-0.2, -0.15) is 0 Å². The van der Waals surface area contributed by atoms with E-state index in [1.54, 1.807) is 18.2 Å². The molecule has 0 aliphatic heterocycles. The predicted octanol–water partition coefficient (Wildman–Crippen LogP) is 2.11. The highest BCUT2D eigenvalue weighted by Gasteiger charge is 2.16. The molecule has 0 unspecified atom stereocenters. The van der Waals surface area contributed by atoms with Gasteiger partial charge in [-0.3, -0.25) is 4.79 Å². The summed E-state index contributed by atoms with van der Waals surface area (Å²) in [6, 6.07) is 6.56. The van der Waals surface area contributed by atoms with Crippen molar-refractivity contribution in [3.8, 4) is 0 Å². The molecule has 2 N–H and O–H groups in total. The van der Waals surface area contributed by atoms with Gasteiger partial charge in [0, 0.05) is 11.6 Å². The highest BCUT2D eigenvalue weighted by atomic mass is 35.5. The zero-order valence-corrected chi connectivity index (χ0v) is 9.57. The van der Waals surface area contributed by atoms with E-state index in [-0.39, 0.29) is 0 Å². The Morgan fingerprint density at radius 3 is 2.62 bits per heavy atom. The largest absolute Gasteiger partial charge is 0.480 e. The summed E-state index contributed by atoms with van der Waals surface area (Å²) in [5.41, 5.74) is 0.938. The summed E-state index contributed by atoms with van der Waals surface area (Å²) in [6.07, 6.45) is 2.07. The van der Waals surface area contributed by atoms with Crippen molar-refractivity contribution in [2.75, 3.05) is 6.54 Å². The van der Waals surface area contributed by atoms with Crippen molar-refractivity contribution < 1.29 is 9.90 Å². The highest BCUT2D eigenvalue weighted by molar-refractivity contribution is 6.30. The second-order valence-corrected chi connectivity index (χ2v) is 3.85. The minimum Gasteiger partial charge on any atom is -0.480 e. The van der Waals surface area contributed by atoms with Crippen LogP contribution in [0.2, 0.25) is 5.02 Å². The standard InChI is InChI=1S/C12H14ClNO2/c1-2-7-14-11(12(15)16)8-9-3-5-10(13)6-4-9/h2-6,11,14H,1,7-8H2,(H,15,16)/t11-/m0/s1. The van der Waals surface area contributed by atoms with E-state index in [1.165, 1.54) is 0 Å². The van der Waals surface area contributed by atoms with Gasteiger partial charge in [-0.1, -0.05) is 29.8 Å². The van der Waals surface area contributed by atoms with Crippen molar-refractivity contribution in [3.05, 3.63) is 47.5 Å². The predicted molar refractivity (Wildman–Crippen MR) is 64.8 cm³/mol. The lowest BCUT2D eigenvalue weighted by Gasteiger charge is -2.13. The third-order valence-corrected chi connectivity index (χ3v) is 2.41. The third kappa shape index (κ3) is 4.04. The molecule has 0 saturated carbocycles. The van der Waals surface area contributed by atoms with Crippen molar-refractivity contribution in [2.24, 2.45) is 0 Å². The molecule has 0 amide bonds. The minimum atomic E-state index is -0.864. The van der Waals surface area contributed by atoms with Crippen LogP contribution in [-0.4, -0.2) is 23.7 Å². The first kappa shape index (κ1) is 12.7. The van der Waals surface area contributed by atoms with E-state index in [2.05, 4.69) is 11.9 Å². The zero-order chi connectivity index (χ0) is 12.0. The van der Waals surface area contributed by atoms with Gasteiger partial charge in [0.15, 0.2) is 0 Å². The van der Waals surface area contributed by atoms with E-state index in [1.807, 2.05) is 12.1 Å². The summed E-state index contributed by atoms with van der Waals surface area (Å²) in [6.45, 7) is 4.01. The van der Waals surface area contributed by atoms with Gasteiger partial charge in [-0.15, -0.1) is 6.58 Å². The lowest BCUT2D eigenvalue weighted by atomic mass is 10.1. The average molecular weight is 240 g/mol. The number of hydrogen-bond acceptors (Lipinski definition) is 2. The molecule has 0 bridgehead atoms. The van der Waals surface area contributed by atoms with Crippen molar-refractivity contribution >= 4 is 17.6 Å². The molecule has 0 aromatic heterocycles. The monoisotopic (exact) mass is 239 g/mol. The second kappa shape index (κ2) is 6.30.